The second-order valence-electron chi connectivity index (χ2n) is 5.99. The maximum absolute atomic E-state index is 12.0. The number of carbonyl (C=O) groups excluding carboxylic acids is 1. The minimum atomic E-state index is -0.150. The molecule has 7 nitrogen and oxygen atoms in total. The number of nitrogen functional groups attached to an aromatic ring is 1. The predicted octanol–water partition coefficient (Wildman–Crippen LogP) is 2.58. The summed E-state index contributed by atoms with van der Waals surface area (Å²) in [5.74, 6) is 0.924. The third-order valence-corrected chi connectivity index (χ3v) is 4.24. The molecule has 0 spiro atoms. The van der Waals surface area contributed by atoms with Crippen molar-refractivity contribution in [2.45, 2.75) is 19.8 Å². The Kier molecular flexibility index (Phi) is 5.33. The first kappa shape index (κ1) is 17.0. The Hall–Kier alpha value is -2.83. The van der Waals surface area contributed by atoms with Crippen LogP contribution in [-0.4, -0.2) is 35.6 Å². The van der Waals surface area contributed by atoms with Crippen molar-refractivity contribution >= 4 is 29.0 Å². The van der Waals surface area contributed by atoms with Gasteiger partial charge in [-0.15, -0.1) is 0 Å². The molecule has 1 atom stereocenters. The number of nitrogens with one attached hydrogen (secondary N) is 1. The molecular weight excluding hydrogens is 318 g/mol. The van der Waals surface area contributed by atoms with Crippen LogP contribution in [0.25, 0.3) is 0 Å². The van der Waals surface area contributed by atoms with Gasteiger partial charge < -0.3 is 20.7 Å². The molecule has 0 amide bonds. The van der Waals surface area contributed by atoms with Crippen LogP contribution in [0.3, 0.4) is 0 Å². The minimum absolute atomic E-state index is 0.145. The summed E-state index contributed by atoms with van der Waals surface area (Å²) in [5, 5.41) is 3.21. The molecule has 3 rings (SSSR count). The van der Waals surface area contributed by atoms with Crippen LogP contribution in [0.15, 0.2) is 36.7 Å². The molecule has 3 N–H and O–H groups in total. The van der Waals surface area contributed by atoms with Crippen LogP contribution >= 0.6 is 0 Å². The smallest absolute Gasteiger partial charge is 0.310 e. The Morgan fingerprint density at radius 2 is 2.16 bits per heavy atom. The third-order valence-electron chi connectivity index (χ3n) is 4.24. The van der Waals surface area contributed by atoms with E-state index in [-0.39, 0.29) is 11.9 Å². The highest BCUT2D eigenvalue weighted by Gasteiger charge is 2.29. The molecule has 1 aliphatic rings. The molecular formula is C18H23N5O2. The molecule has 2 heterocycles. The molecule has 1 unspecified atom stereocenters. The summed E-state index contributed by atoms with van der Waals surface area (Å²) in [5.41, 5.74) is 7.68. The molecule has 0 saturated carbocycles. The second kappa shape index (κ2) is 7.83. The molecule has 25 heavy (non-hydrogen) atoms. The first-order valence-electron chi connectivity index (χ1n) is 8.53. The molecule has 0 aliphatic carbocycles. The average molecular weight is 341 g/mol. The summed E-state index contributed by atoms with van der Waals surface area (Å²) < 4.78 is 5.16. The number of anilines is 4. The van der Waals surface area contributed by atoms with Crippen molar-refractivity contribution in [3.05, 3.63) is 36.7 Å². The van der Waals surface area contributed by atoms with E-state index in [0.717, 1.165) is 25.1 Å². The van der Waals surface area contributed by atoms with Crippen LogP contribution in [0.4, 0.5) is 23.0 Å². The van der Waals surface area contributed by atoms with Crippen LogP contribution in [0, 0.1) is 5.92 Å². The van der Waals surface area contributed by atoms with Gasteiger partial charge in [0.25, 0.3) is 0 Å². The van der Waals surface area contributed by atoms with Gasteiger partial charge in [0.1, 0.15) is 12.0 Å². The number of aromatic nitrogens is 2. The number of hydrogen-bond acceptors (Lipinski definition) is 7. The van der Waals surface area contributed by atoms with Gasteiger partial charge in [-0.25, -0.2) is 9.97 Å². The number of carbonyl (C=O) groups is 1. The molecule has 2 aromatic rings. The highest BCUT2D eigenvalue weighted by atomic mass is 16.5. The Labute approximate surface area is 147 Å². The third kappa shape index (κ3) is 3.99. The molecule has 132 valence electrons. The van der Waals surface area contributed by atoms with Crippen LogP contribution in [-0.2, 0) is 9.53 Å². The van der Waals surface area contributed by atoms with Crippen molar-refractivity contribution in [1.82, 2.24) is 9.97 Å². The van der Waals surface area contributed by atoms with E-state index in [9.17, 15) is 4.79 Å². The number of piperidine rings is 1. The number of ether oxygens (including phenoxy) is 1. The molecule has 1 aromatic heterocycles. The second-order valence-corrected chi connectivity index (χ2v) is 5.99. The fraction of sp³-hybridized carbons (Fsp3) is 0.389. The predicted molar refractivity (Wildman–Crippen MR) is 97.7 cm³/mol. The van der Waals surface area contributed by atoms with E-state index in [4.69, 9.17) is 10.5 Å². The van der Waals surface area contributed by atoms with E-state index in [0.29, 0.717) is 30.5 Å². The van der Waals surface area contributed by atoms with Crippen molar-refractivity contribution in [3.63, 3.8) is 0 Å². The lowest BCUT2D eigenvalue weighted by molar-refractivity contribution is -0.148. The fourth-order valence-corrected chi connectivity index (χ4v) is 3.02. The van der Waals surface area contributed by atoms with E-state index in [1.807, 2.05) is 42.2 Å². The van der Waals surface area contributed by atoms with Crippen molar-refractivity contribution in [2.75, 3.05) is 35.6 Å². The van der Waals surface area contributed by atoms with Crippen LogP contribution in [0.5, 0.6) is 0 Å². The van der Waals surface area contributed by atoms with E-state index in [1.165, 1.54) is 6.33 Å². The van der Waals surface area contributed by atoms with Crippen LogP contribution in [0.1, 0.15) is 19.8 Å². The monoisotopic (exact) mass is 341 g/mol. The molecule has 0 bridgehead atoms. The van der Waals surface area contributed by atoms with E-state index in [2.05, 4.69) is 15.3 Å². The van der Waals surface area contributed by atoms with Gasteiger partial charge >= 0.3 is 5.97 Å². The average Bonchev–Trinajstić information content (AvgIpc) is 2.65. The van der Waals surface area contributed by atoms with Gasteiger partial charge in [0.05, 0.1) is 12.5 Å². The van der Waals surface area contributed by atoms with E-state index >= 15 is 0 Å². The van der Waals surface area contributed by atoms with Crippen molar-refractivity contribution < 1.29 is 9.53 Å². The standard InChI is InChI=1S/C18H23N5O2/c1-2-25-18(24)13-7-6-10-23(11-13)17-15(19)16(20-12-21-17)22-14-8-4-3-5-9-14/h3-5,8-9,12-13H,2,6-7,10-11,19H2,1H3,(H,20,21,22). The van der Waals surface area contributed by atoms with Crippen LogP contribution in [0.2, 0.25) is 0 Å². The molecule has 0 radical (unpaired) electrons. The summed E-state index contributed by atoms with van der Waals surface area (Å²) in [7, 11) is 0. The van der Waals surface area contributed by atoms with Gasteiger partial charge in [0.15, 0.2) is 11.6 Å². The quantitative estimate of drug-likeness (QED) is 0.807. The zero-order valence-corrected chi connectivity index (χ0v) is 14.3. The summed E-state index contributed by atoms with van der Waals surface area (Å²) in [4.78, 5) is 22.7. The maximum Gasteiger partial charge on any atom is 0.310 e. The number of esters is 1. The number of benzene rings is 1. The molecule has 1 saturated heterocycles. The van der Waals surface area contributed by atoms with Gasteiger partial charge in [-0.05, 0) is 31.9 Å². The zero-order chi connectivity index (χ0) is 17.6. The van der Waals surface area contributed by atoms with Gasteiger partial charge in [0.2, 0.25) is 0 Å². The molecule has 7 heteroatoms. The molecule has 1 aliphatic heterocycles. The first-order chi connectivity index (χ1) is 12.2. The summed E-state index contributed by atoms with van der Waals surface area (Å²) >= 11 is 0. The van der Waals surface area contributed by atoms with Gasteiger partial charge in [-0.2, -0.15) is 0 Å². The first-order valence-corrected chi connectivity index (χ1v) is 8.53. The number of nitrogens with two attached hydrogens (primary N) is 1. The van der Waals surface area contributed by atoms with Gasteiger partial charge in [-0.3, -0.25) is 4.79 Å². The summed E-state index contributed by atoms with van der Waals surface area (Å²) in [6.45, 7) is 3.59. The molecule has 1 fully saturated rings. The zero-order valence-electron chi connectivity index (χ0n) is 14.3. The molecule has 1 aromatic carbocycles. The van der Waals surface area contributed by atoms with Crippen molar-refractivity contribution in [2.24, 2.45) is 5.92 Å². The Morgan fingerprint density at radius 3 is 2.92 bits per heavy atom. The van der Waals surface area contributed by atoms with E-state index < -0.39 is 0 Å². The minimum Gasteiger partial charge on any atom is -0.466 e. The van der Waals surface area contributed by atoms with Gasteiger partial charge in [-0.1, -0.05) is 18.2 Å². The van der Waals surface area contributed by atoms with Crippen LogP contribution < -0.4 is 16.0 Å². The van der Waals surface area contributed by atoms with Crippen molar-refractivity contribution in [3.8, 4) is 0 Å². The normalized spacial score (nSPS) is 17.2. The highest BCUT2D eigenvalue weighted by molar-refractivity contribution is 5.79. The van der Waals surface area contributed by atoms with E-state index in [1.54, 1.807) is 0 Å². The number of hydrogen-bond donors (Lipinski definition) is 2. The Morgan fingerprint density at radius 1 is 1.36 bits per heavy atom. The lowest BCUT2D eigenvalue weighted by Gasteiger charge is -2.33. The topological polar surface area (TPSA) is 93.4 Å². The van der Waals surface area contributed by atoms with Gasteiger partial charge in [0, 0.05) is 18.8 Å². The Bertz CT molecular complexity index is 723. The highest BCUT2D eigenvalue weighted by Crippen LogP contribution is 2.31. The SMILES string of the molecule is CCOC(=O)C1CCCN(c2ncnc(Nc3ccccc3)c2N)C1. The Balaban J connectivity index is 1.78. The number of para-hydroxylation sites is 1. The summed E-state index contributed by atoms with van der Waals surface area (Å²) in [6.07, 6.45) is 3.22. The lowest BCUT2D eigenvalue weighted by Crippen LogP contribution is -2.40. The number of nitrogens with zero attached hydrogens (tertiary/aromatic N) is 3. The largest absolute Gasteiger partial charge is 0.466 e. The lowest BCUT2D eigenvalue weighted by atomic mass is 9.98. The number of rotatable bonds is 5. The fourth-order valence-electron chi connectivity index (χ4n) is 3.02. The van der Waals surface area contributed by atoms with Crippen molar-refractivity contribution in [1.29, 1.82) is 0 Å². The summed E-state index contributed by atoms with van der Waals surface area (Å²) in [6, 6.07) is 9.71. The maximum atomic E-state index is 12.0.